The van der Waals surface area contributed by atoms with Gasteiger partial charge >= 0.3 is 0 Å². The Morgan fingerprint density at radius 1 is 1.47 bits per heavy atom. The van der Waals surface area contributed by atoms with Crippen molar-refractivity contribution >= 4 is 38.0 Å². The van der Waals surface area contributed by atoms with Crippen LogP contribution in [0.2, 0.25) is 0 Å². The Morgan fingerprint density at radius 3 is 2.74 bits per heavy atom. The summed E-state index contributed by atoms with van der Waals surface area (Å²) < 4.78 is 36.8. The van der Waals surface area contributed by atoms with Crippen molar-refractivity contribution in [1.82, 2.24) is 4.72 Å². The van der Waals surface area contributed by atoms with E-state index in [2.05, 4.69) is 4.72 Å². The molecule has 0 amide bonds. The Morgan fingerprint density at radius 2 is 2.16 bits per heavy atom. The lowest BCUT2D eigenvalue weighted by Gasteiger charge is -2.07. The molecule has 3 N–H and O–H groups in total. The zero-order valence-corrected chi connectivity index (χ0v) is 12.9. The summed E-state index contributed by atoms with van der Waals surface area (Å²) in [6, 6.07) is 6.78. The van der Waals surface area contributed by atoms with Crippen LogP contribution in [0.4, 0.5) is 0 Å². The molecule has 0 heterocycles. The first-order chi connectivity index (χ1) is 8.80. The monoisotopic (exact) mass is 320 g/mol. The van der Waals surface area contributed by atoms with Crippen LogP contribution in [0.3, 0.4) is 0 Å². The molecule has 19 heavy (non-hydrogen) atoms. The topological polar surface area (TPSA) is 89.3 Å². The van der Waals surface area contributed by atoms with E-state index in [-0.39, 0.29) is 17.3 Å². The van der Waals surface area contributed by atoms with Gasteiger partial charge in [0.25, 0.3) is 0 Å². The predicted octanol–water partition coefficient (Wildman–Crippen LogP) is 0.119. The number of nitrogens with two attached hydrogens (primary N) is 1. The minimum absolute atomic E-state index is 0.153. The van der Waals surface area contributed by atoms with Crippen LogP contribution >= 0.6 is 12.2 Å². The van der Waals surface area contributed by atoms with Gasteiger partial charge in [-0.3, -0.25) is 4.21 Å². The molecule has 0 aromatic heterocycles. The summed E-state index contributed by atoms with van der Waals surface area (Å²) in [5, 5.41) is 0. The number of sulfonamides is 1. The standard InChI is InChI=1S/C11H16N2O3S3/c1-18(14)6-5-13-19(15,16)8-9-3-2-4-10(7-9)11(12)17/h2-4,7,13H,5-6,8H2,1H3,(H2,12,17). The summed E-state index contributed by atoms with van der Waals surface area (Å²) in [4.78, 5) is 0.230. The molecule has 0 aliphatic carbocycles. The maximum Gasteiger partial charge on any atom is 0.215 e. The smallest absolute Gasteiger partial charge is 0.215 e. The van der Waals surface area contributed by atoms with Crippen molar-refractivity contribution < 1.29 is 12.6 Å². The predicted molar refractivity (Wildman–Crippen MR) is 81.9 cm³/mol. The van der Waals surface area contributed by atoms with Crippen LogP contribution in [0.5, 0.6) is 0 Å². The maximum atomic E-state index is 11.8. The van der Waals surface area contributed by atoms with Gasteiger partial charge < -0.3 is 5.73 Å². The average molecular weight is 320 g/mol. The van der Waals surface area contributed by atoms with Crippen molar-refractivity contribution in [3.63, 3.8) is 0 Å². The van der Waals surface area contributed by atoms with Crippen LogP contribution in [0.25, 0.3) is 0 Å². The molecule has 0 saturated carbocycles. The highest BCUT2D eigenvalue weighted by molar-refractivity contribution is 7.88. The molecule has 1 rings (SSSR count). The van der Waals surface area contributed by atoms with E-state index >= 15 is 0 Å². The maximum absolute atomic E-state index is 11.8. The third-order valence-electron chi connectivity index (χ3n) is 2.28. The van der Waals surface area contributed by atoms with Gasteiger partial charge in [-0.1, -0.05) is 30.4 Å². The molecule has 106 valence electrons. The molecule has 0 spiro atoms. The van der Waals surface area contributed by atoms with E-state index in [1.165, 1.54) is 6.26 Å². The van der Waals surface area contributed by atoms with Gasteiger partial charge in [-0.2, -0.15) is 0 Å². The molecule has 0 fully saturated rings. The zero-order chi connectivity index (χ0) is 14.5. The highest BCUT2D eigenvalue weighted by Gasteiger charge is 2.11. The first-order valence-electron chi connectivity index (χ1n) is 5.46. The second-order valence-electron chi connectivity index (χ2n) is 4.00. The SMILES string of the molecule is CS(=O)CCNS(=O)(=O)Cc1cccc(C(N)=S)c1. The number of hydrogen-bond acceptors (Lipinski definition) is 4. The quantitative estimate of drug-likeness (QED) is 0.697. The van der Waals surface area contributed by atoms with Crippen molar-refractivity contribution in [3.8, 4) is 0 Å². The van der Waals surface area contributed by atoms with Crippen molar-refractivity contribution in [3.05, 3.63) is 35.4 Å². The van der Waals surface area contributed by atoms with Crippen molar-refractivity contribution in [2.75, 3.05) is 18.6 Å². The molecule has 0 bridgehead atoms. The van der Waals surface area contributed by atoms with Gasteiger partial charge in [0, 0.05) is 34.9 Å². The summed E-state index contributed by atoms with van der Waals surface area (Å²) in [5.74, 6) is 0.145. The largest absolute Gasteiger partial charge is 0.389 e. The Bertz CT molecular complexity index is 585. The van der Waals surface area contributed by atoms with Gasteiger partial charge in [-0.25, -0.2) is 13.1 Å². The molecule has 0 aliphatic heterocycles. The van der Waals surface area contributed by atoms with Crippen LogP contribution < -0.4 is 10.5 Å². The molecule has 5 nitrogen and oxygen atoms in total. The van der Waals surface area contributed by atoms with Crippen LogP contribution in [0, 0.1) is 0 Å². The van der Waals surface area contributed by atoms with Crippen molar-refractivity contribution in [1.29, 1.82) is 0 Å². The molecular formula is C11H16N2O3S3. The van der Waals surface area contributed by atoms with E-state index in [4.69, 9.17) is 18.0 Å². The molecule has 0 saturated heterocycles. The highest BCUT2D eigenvalue weighted by atomic mass is 32.2. The third kappa shape index (κ3) is 6.24. The fourth-order valence-corrected chi connectivity index (χ4v) is 3.20. The summed E-state index contributed by atoms with van der Waals surface area (Å²) >= 11 is 4.84. The fraction of sp³-hybridized carbons (Fsp3) is 0.364. The summed E-state index contributed by atoms with van der Waals surface area (Å²) in [7, 11) is -4.46. The van der Waals surface area contributed by atoms with Crippen LogP contribution in [0.1, 0.15) is 11.1 Å². The van der Waals surface area contributed by atoms with E-state index in [0.717, 1.165) is 0 Å². The fourth-order valence-electron chi connectivity index (χ4n) is 1.43. The number of rotatable bonds is 7. The summed E-state index contributed by atoms with van der Waals surface area (Å²) in [5.41, 5.74) is 6.74. The molecule has 0 radical (unpaired) electrons. The molecule has 8 heteroatoms. The molecule has 1 unspecified atom stereocenters. The van der Waals surface area contributed by atoms with Crippen LogP contribution in [-0.4, -0.2) is 36.2 Å². The molecule has 1 atom stereocenters. The van der Waals surface area contributed by atoms with E-state index in [1.807, 2.05) is 0 Å². The van der Waals surface area contributed by atoms with Gasteiger partial charge in [0.15, 0.2) is 0 Å². The highest BCUT2D eigenvalue weighted by Crippen LogP contribution is 2.08. The first kappa shape index (κ1) is 16.2. The molecule has 0 aliphatic rings. The van der Waals surface area contributed by atoms with E-state index < -0.39 is 20.8 Å². The van der Waals surface area contributed by atoms with Crippen LogP contribution in [0.15, 0.2) is 24.3 Å². The third-order valence-corrected chi connectivity index (χ3v) is 4.65. The second kappa shape index (κ2) is 7.09. The number of hydrogen-bond donors (Lipinski definition) is 2. The van der Waals surface area contributed by atoms with E-state index in [0.29, 0.717) is 16.9 Å². The Labute approximate surface area is 121 Å². The van der Waals surface area contributed by atoms with Gasteiger partial charge in [0.05, 0.1) is 5.75 Å². The van der Waals surface area contributed by atoms with E-state index in [1.54, 1.807) is 24.3 Å². The van der Waals surface area contributed by atoms with E-state index in [9.17, 15) is 12.6 Å². The Hall–Kier alpha value is -0.830. The molecule has 1 aromatic carbocycles. The lowest BCUT2D eigenvalue weighted by molar-refractivity contribution is 0.583. The Kier molecular flexibility index (Phi) is 6.05. The Balaban J connectivity index is 2.70. The summed E-state index contributed by atoms with van der Waals surface area (Å²) in [6.07, 6.45) is 1.53. The average Bonchev–Trinajstić information content (AvgIpc) is 2.27. The van der Waals surface area contributed by atoms with Crippen molar-refractivity contribution in [2.45, 2.75) is 5.75 Å². The molecule has 1 aromatic rings. The second-order valence-corrected chi connectivity index (χ2v) is 7.80. The van der Waals surface area contributed by atoms with Gasteiger partial charge in [-0.05, 0) is 11.6 Å². The van der Waals surface area contributed by atoms with Gasteiger partial charge in [-0.15, -0.1) is 0 Å². The lowest BCUT2D eigenvalue weighted by atomic mass is 10.1. The van der Waals surface area contributed by atoms with Gasteiger partial charge in [0.2, 0.25) is 10.0 Å². The van der Waals surface area contributed by atoms with Crippen LogP contribution in [-0.2, 0) is 26.6 Å². The lowest BCUT2D eigenvalue weighted by Crippen LogP contribution is -2.29. The number of benzene rings is 1. The molecular weight excluding hydrogens is 304 g/mol. The minimum atomic E-state index is -3.44. The van der Waals surface area contributed by atoms with Crippen molar-refractivity contribution in [2.24, 2.45) is 5.73 Å². The summed E-state index contributed by atoms with van der Waals surface area (Å²) in [6.45, 7) is 0.167. The zero-order valence-electron chi connectivity index (χ0n) is 10.5. The first-order valence-corrected chi connectivity index (χ1v) is 9.25. The normalized spacial score (nSPS) is 13.1. The number of nitrogens with one attached hydrogen (secondary N) is 1. The van der Waals surface area contributed by atoms with Gasteiger partial charge in [0.1, 0.15) is 4.99 Å². The minimum Gasteiger partial charge on any atom is -0.389 e. The number of thiocarbonyl (C=S) groups is 1.